The third kappa shape index (κ3) is 7.76. The Labute approximate surface area is 186 Å². The number of nitrogens with one attached hydrogen (secondary N) is 4. The van der Waals surface area contributed by atoms with Crippen molar-refractivity contribution < 1.29 is 14.3 Å². The highest BCUT2D eigenvalue weighted by Crippen LogP contribution is 2.14. The van der Waals surface area contributed by atoms with Crippen LogP contribution in [0, 0.1) is 0 Å². The van der Waals surface area contributed by atoms with Crippen LogP contribution in [0.25, 0.3) is 0 Å². The van der Waals surface area contributed by atoms with Gasteiger partial charge in [0.2, 0.25) is 5.91 Å². The van der Waals surface area contributed by atoms with Crippen LogP contribution in [0.1, 0.15) is 37.0 Å². The van der Waals surface area contributed by atoms with E-state index < -0.39 is 0 Å². The standard InChI is InChI=1S/C21H24N4O3S2/c1-3-13-28-17-11-5-14(6-12-17)19(27)25-21(30)23-16-9-7-15(8-10-16)22-20(29)24-18(26)4-2/h5-12H,3-4,13H2,1-2H3,(H2,22,24,26,29)(H2,23,25,27,30). The van der Waals surface area contributed by atoms with Crippen LogP contribution in [0.4, 0.5) is 11.4 Å². The fraction of sp³-hybridized carbons (Fsp3) is 0.238. The van der Waals surface area contributed by atoms with E-state index >= 15 is 0 Å². The molecule has 2 aromatic carbocycles. The second kappa shape index (κ2) is 11.8. The Kier molecular flexibility index (Phi) is 9.17. The van der Waals surface area contributed by atoms with Gasteiger partial charge >= 0.3 is 0 Å². The summed E-state index contributed by atoms with van der Waals surface area (Å²) in [4.78, 5) is 23.7. The zero-order valence-electron chi connectivity index (χ0n) is 16.8. The van der Waals surface area contributed by atoms with Crippen LogP contribution >= 0.6 is 24.4 Å². The fourth-order valence-corrected chi connectivity index (χ4v) is 2.72. The van der Waals surface area contributed by atoms with Crippen LogP contribution in [0.3, 0.4) is 0 Å². The molecular formula is C21H24N4O3S2. The predicted molar refractivity (Wildman–Crippen MR) is 127 cm³/mol. The highest BCUT2D eigenvalue weighted by Gasteiger charge is 2.09. The zero-order chi connectivity index (χ0) is 21.9. The number of ether oxygens (including phenoxy) is 1. The van der Waals surface area contributed by atoms with Gasteiger partial charge in [-0.25, -0.2) is 0 Å². The smallest absolute Gasteiger partial charge is 0.257 e. The SMILES string of the molecule is CCCOc1ccc(C(=O)NC(=S)Nc2ccc(NC(=S)NC(=O)CC)cc2)cc1. The summed E-state index contributed by atoms with van der Waals surface area (Å²) in [5.74, 6) is 0.247. The molecule has 9 heteroatoms. The Morgan fingerprint density at radius 1 is 0.833 bits per heavy atom. The molecule has 0 spiro atoms. The summed E-state index contributed by atoms with van der Waals surface area (Å²) in [6.07, 6.45) is 1.27. The second-order valence-electron chi connectivity index (χ2n) is 6.21. The van der Waals surface area contributed by atoms with Crippen molar-refractivity contribution >= 4 is 57.8 Å². The van der Waals surface area contributed by atoms with E-state index in [9.17, 15) is 9.59 Å². The van der Waals surface area contributed by atoms with Crippen molar-refractivity contribution in [2.24, 2.45) is 0 Å². The van der Waals surface area contributed by atoms with E-state index in [0.29, 0.717) is 30.0 Å². The fourth-order valence-electron chi connectivity index (χ4n) is 2.27. The van der Waals surface area contributed by atoms with Crippen LogP contribution < -0.4 is 26.0 Å². The van der Waals surface area contributed by atoms with Crippen molar-refractivity contribution in [2.75, 3.05) is 17.2 Å². The molecule has 0 bridgehead atoms. The van der Waals surface area contributed by atoms with Gasteiger partial charge in [-0.05, 0) is 79.4 Å². The predicted octanol–water partition coefficient (Wildman–Crippen LogP) is 3.83. The number of hydrogen-bond donors (Lipinski definition) is 4. The minimum atomic E-state index is -0.315. The van der Waals surface area contributed by atoms with E-state index in [4.69, 9.17) is 29.2 Å². The first-order chi connectivity index (χ1) is 14.4. The molecule has 0 radical (unpaired) electrons. The average molecular weight is 445 g/mol. The minimum Gasteiger partial charge on any atom is -0.494 e. The molecule has 2 rings (SSSR count). The Balaban J connectivity index is 1.84. The van der Waals surface area contributed by atoms with Gasteiger partial charge in [0, 0.05) is 23.4 Å². The number of thiocarbonyl (C=S) groups is 2. The largest absolute Gasteiger partial charge is 0.494 e. The molecule has 0 saturated heterocycles. The van der Waals surface area contributed by atoms with Crippen molar-refractivity contribution in [1.29, 1.82) is 0 Å². The van der Waals surface area contributed by atoms with E-state index in [-0.39, 0.29) is 22.0 Å². The maximum absolute atomic E-state index is 12.3. The molecule has 0 aliphatic rings. The maximum atomic E-state index is 12.3. The van der Waals surface area contributed by atoms with Crippen LogP contribution in [0.5, 0.6) is 5.75 Å². The number of carbonyl (C=O) groups is 2. The van der Waals surface area contributed by atoms with Crippen LogP contribution in [-0.2, 0) is 4.79 Å². The first-order valence-electron chi connectivity index (χ1n) is 9.47. The number of hydrogen-bond acceptors (Lipinski definition) is 5. The quantitative estimate of drug-likeness (QED) is 0.483. The summed E-state index contributed by atoms with van der Waals surface area (Å²) < 4.78 is 5.50. The molecule has 2 aromatic rings. The van der Waals surface area contributed by atoms with Crippen molar-refractivity contribution in [1.82, 2.24) is 10.6 Å². The minimum absolute atomic E-state index is 0.157. The number of rotatable bonds is 7. The molecule has 4 N–H and O–H groups in total. The zero-order valence-corrected chi connectivity index (χ0v) is 18.4. The van der Waals surface area contributed by atoms with Gasteiger partial charge in [-0.3, -0.25) is 14.9 Å². The maximum Gasteiger partial charge on any atom is 0.257 e. The van der Waals surface area contributed by atoms with Crippen molar-refractivity contribution in [3.8, 4) is 5.75 Å². The van der Waals surface area contributed by atoms with Crippen LogP contribution in [0.2, 0.25) is 0 Å². The third-order valence-electron chi connectivity index (χ3n) is 3.79. The summed E-state index contributed by atoms with van der Waals surface area (Å²) in [6, 6.07) is 13.9. The number of amides is 2. The first-order valence-corrected chi connectivity index (χ1v) is 10.3. The highest BCUT2D eigenvalue weighted by molar-refractivity contribution is 7.80. The van der Waals surface area contributed by atoms with E-state index in [1.807, 2.05) is 6.92 Å². The third-order valence-corrected chi connectivity index (χ3v) is 4.20. The summed E-state index contributed by atoms with van der Waals surface area (Å²) in [5.41, 5.74) is 1.88. The van der Waals surface area contributed by atoms with Gasteiger partial charge < -0.3 is 20.7 Å². The lowest BCUT2D eigenvalue weighted by molar-refractivity contribution is -0.119. The topological polar surface area (TPSA) is 91.5 Å². The molecule has 0 aromatic heterocycles. The first kappa shape index (κ1) is 23.2. The molecule has 158 valence electrons. The Bertz CT molecular complexity index is 899. The summed E-state index contributed by atoms with van der Waals surface area (Å²) in [5, 5.41) is 11.5. The number of benzene rings is 2. The molecule has 0 atom stereocenters. The van der Waals surface area contributed by atoms with Gasteiger partial charge in [0.15, 0.2) is 10.2 Å². The normalized spacial score (nSPS) is 9.93. The number of anilines is 2. The monoisotopic (exact) mass is 444 g/mol. The molecule has 7 nitrogen and oxygen atoms in total. The Morgan fingerprint density at radius 3 is 1.87 bits per heavy atom. The van der Waals surface area contributed by atoms with Crippen molar-refractivity contribution in [2.45, 2.75) is 26.7 Å². The lowest BCUT2D eigenvalue weighted by atomic mass is 10.2. The van der Waals surface area contributed by atoms with Gasteiger partial charge in [-0.1, -0.05) is 13.8 Å². The molecule has 0 saturated carbocycles. The summed E-state index contributed by atoms with van der Waals surface area (Å²) in [6.45, 7) is 4.41. The molecule has 0 aliphatic heterocycles. The molecule has 0 heterocycles. The van der Waals surface area contributed by atoms with E-state index in [0.717, 1.165) is 12.2 Å². The van der Waals surface area contributed by atoms with Crippen LogP contribution in [-0.4, -0.2) is 28.6 Å². The van der Waals surface area contributed by atoms with Gasteiger partial charge in [0.25, 0.3) is 5.91 Å². The molecule has 0 aliphatic carbocycles. The van der Waals surface area contributed by atoms with Crippen molar-refractivity contribution in [3.05, 3.63) is 54.1 Å². The number of carbonyl (C=O) groups excluding carboxylic acids is 2. The van der Waals surface area contributed by atoms with Crippen LogP contribution in [0.15, 0.2) is 48.5 Å². The van der Waals surface area contributed by atoms with E-state index in [1.165, 1.54) is 0 Å². The molecule has 0 unspecified atom stereocenters. The molecule has 2 amide bonds. The Morgan fingerprint density at radius 2 is 1.37 bits per heavy atom. The summed E-state index contributed by atoms with van der Waals surface area (Å²) in [7, 11) is 0. The van der Waals surface area contributed by atoms with Crippen molar-refractivity contribution in [3.63, 3.8) is 0 Å². The summed E-state index contributed by atoms with van der Waals surface area (Å²) >= 11 is 10.3. The van der Waals surface area contributed by atoms with Gasteiger partial charge in [0.1, 0.15) is 5.75 Å². The lowest BCUT2D eigenvalue weighted by Gasteiger charge is -2.12. The highest BCUT2D eigenvalue weighted by atomic mass is 32.1. The molecular weight excluding hydrogens is 420 g/mol. The Hall–Kier alpha value is -3.04. The van der Waals surface area contributed by atoms with Gasteiger partial charge in [0.05, 0.1) is 6.61 Å². The van der Waals surface area contributed by atoms with E-state index in [1.54, 1.807) is 55.5 Å². The lowest BCUT2D eigenvalue weighted by Crippen LogP contribution is -2.34. The molecule has 0 fully saturated rings. The van der Waals surface area contributed by atoms with E-state index in [2.05, 4.69) is 21.3 Å². The van der Waals surface area contributed by atoms with Gasteiger partial charge in [-0.2, -0.15) is 0 Å². The molecule has 30 heavy (non-hydrogen) atoms. The average Bonchev–Trinajstić information content (AvgIpc) is 2.73. The second-order valence-corrected chi connectivity index (χ2v) is 7.03. The van der Waals surface area contributed by atoms with Gasteiger partial charge in [-0.15, -0.1) is 0 Å².